The van der Waals surface area contributed by atoms with Crippen molar-refractivity contribution < 1.29 is 9.84 Å². The van der Waals surface area contributed by atoms with Gasteiger partial charge in [-0.1, -0.05) is 11.6 Å². The first-order chi connectivity index (χ1) is 7.70. The highest BCUT2D eigenvalue weighted by Crippen LogP contribution is 2.30. The molecule has 0 atom stereocenters. The predicted molar refractivity (Wildman–Crippen MR) is 60.7 cm³/mol. The zero-order valence-electron chi connectivity index (χ0n) is 8.51. The Morgan fingerprint density at radius 1 is 1.19 bits per heavy atom. The van der Waals surface area contributed by atoms with Crippen molar-refractivity contribution in [3.05, 3.63) is 35.5 Å². The quantitative estimate of drug-likeness (QED) is 0.871. The van der Waals surface area contributed by atoms with E-state index >= 15 is 0 Å². The van der Waals surface area contributed by atoms with Crippen LogP contribution in [0.3, 0.4) is 0 Å². The molecule has 0 radical (unpaired) electrons. The van der Waals surface area contributed by atoms with Crippen LogP contribution >= 0.6 is 11.6 Å². The number of phenolic OH excluding ortho intramolecular Hbond substituents is 1. The van der Waals surface area contributed by atoms with Crippen LogP contribution in [0, 0.1) is 0 Å². The molecule has 0 fully saturated rings. The maximum Gasteiger partial charge on any atom is 0.161 e. The molecule has 1 N–H and O–H groups in total. The van der Waals surface area contributed by atoms with Gasteiger partial charge in [0.25, 0.3) is 0 Å². The second kappa shape index (κ2) is 4.37. The second-order valence-corrected chi connectivity index (χ2v) is 3.52. The summed E-state index contributed by atoms with van der Waals surface area (Å²) in [5, 5.41) is 17.5. The fourth-order valence-corrected chi connectivity index (χ4v) is 1.41. The Labute approximate surface area is 97.5 Å². The van der Waals surface area contributed by atoms with Gasteiger partial charge in [0.15, 0.2) is 16.7 Å². The maximum atomic E-state index is 9.44. The summed E-state index contributed by atoms with van der Waals surface area (Å²) >= 11 is 5.64. The van der Waals surface area contributed by atoms with E-state index in [0.717, 1.165) is 5.56 Å². The van der Waals surface area contributed by atoms with Crippen molar-refractivity contribution in [2.24, 2.45) is 0 Å². The number of benzene rings is 1. The van der Waals surface area contributed by atoms with Gasteiger partial charge in [0.1, 0.15) is 0 Å². The van der Waals surface area contributed by atoms with Gasteiger partial charge in [-0.2, -0.15) is 0 Å². The lowest BCUT2D eigenvalue weighted by Gasteiger charge is -2.05. The van der Waals surface area contributed by atoms with Gasteiger partial charge in [0.05, 0.1) is 12.8 Å². The first-order valence-corrected chi connectivity index (χ1v) is 4.95. The molecular weight excluding hydrogens is 228 g/mol. The Hall–Kier alpha value is -1.81. The van der Waals surface area contributed by atoms with Crippen LogP contribution in [-0.4, -0.2) is 22.4 Å². The number of hydrogen-bond acceptors (Lipinski definition) is 4. The number of aromatic hydroxyl groups is 1. The van der Waals surface area contributed by atoms with E-state index in [0.29, 0.717) is 16.6 Å². The number of halogens is 1. The van der Waals surface area contributed by atoms with E-state index < -0.39 is 0 Å². The van der Waals surface area contributed by atoms with Crippen molar-refractivity contribution in [2.45, 2.75) is 0 Å². The maximum absolute atomic E-state index is 9.44. The Morgan fingerprint density at radius 2 is 2.00 bits per heavy atom. The van der Waals surface area contributed by atoms with Gasteiger partial charge >= 0.3 is 0 Å². The minimum Gasteiger partial charge on any atom is -0.504 e. The smallest absolute Gasteiger partial charge is 0.161 e. The van der Waals surface area contributed by atoms with Crippen LogP contribution in [0.2, 0.25) is 5.15 Å². The second-order valence-electron chi connectivity index (χ2n) is 3.13. The van der Waals surface area contributed by atoms with E-state index in [1.54, 1.807) is 30.3 Å². The topological polar surface area (TPSA) is 55.2 Å². The Kier molecular flexibility index (Phi) is 2.92. The number of aromatic nitrogens is 2. The summed E-state index contributed by atoms with van der Waals surface area (Å²) in [6.07, 6.45) is 0. The molecule has 0 saturated heterocycles. The first kappa shape index (κ1) is 10.7. The molecule has 0 unspecified atom stereocenters. The van der Waals surface area contributed by atoms with Crippen molar-refractivity contribution in [1.82, 2.24) is 10.2 Å². The fourth-order valence-electron chi connectivity index (χ4n) is 1.31. The molecule has 4 nitrogen and oxygen atoms in total. The van der Waals surface area contributed by atoms with Gasteiger partial charge in [0.2, 0.25) is 0 Å². The predicted octanol–water partition coefficient (Wildman–Crippen LogP) is 2.51. The van der Waals surface area contributed by atoms with Crippen molar-refractivity contribution in [2.75, 3.05) is 7.11 Å². The zero-order valence-corrected chi connectivity index (χ0v) is 9.27. The molecule has 0 saturated carbocycles. The number of methoxy groups -OCH3 is 1. The summed E-state index contributed by atoms with van der Waals surface area (Å²) in [5.74, 6) is 0.488. The average molecular weight is 237 g/mol. The molecule has 82 valence electrons. The first-order valence-electron chi connectivity index (χ1n) is 4.57. The summed E-state index contributed by atoms with van der Waals surface area (Å²) in [4.78, 5) is 0. The van der Waals surface area contributed by atoms with E-state index in [1.165, 1.54) is 7.11 Å². The molecule has 2 aromatic rings. The Balaban J connectivity index is 2.44. The van der Waals surface area contributed by atoms with Crippen LogP contribution < -0.4 is 4.74 Å². The summed E-state index contributed by atoms with van der Waals surface area (Å²) < 4.78 is 5.01. The van der Waals surface area contributed by atoms with Crippen LogP contribution in [0.5, 0.6) is 11.5 Å². The fraction of sp³-hybridized carbons (Fsp3) is 0.0909. The standard InChI is InChI=1S/C11H9ClN2O2/c1-16-10-6-7(2-4-9(10)15)8-3-5-11(12)14-13-8/h2-6,15H,1H3. The molecule has 0 aliphatic carbocycles. The van der Waals surface area contributed by atoms with Crippen molar-refractivity contribution in [3.8, 4) is 22.8 Å². The molecule has 1 heterocycles. The lowest BCUT2D eigenvalue weighted by Crippen LogP contribution is -1.89. The van der Waals surface area contributed by atoms with Crippen LogP contribution in [-0.2, 0) is 0 Å². The molecule has 1 aromatic carbocycles. The van der Waals surface area contributed by atoms with Gasteiger partial charge in [0, 0.05) is 5.56 Å². The summed E-state index contributed by atoms with van der Waals surface area (Å²) in [5.41, 5.74) is 1.47. The van der Waals surface area contributed by atoms with E-state index in [1.807, 2.05) is 0 Å². The van der Waals surface area contributed by atoms with Crippen molar-refractivity contribution in [3.63, 3.8) is 0 Å². The van der Waals surface area contributed by atoms with Crippen LogP contribution in [0.1, 0.15) is 0 Å². The van der Waals surface area contributed by atoms with Crippen LogP contribution in [0.15, 0.2) is 30.3 Å². The monoisotopic (exact) mass is 236 g/mol. The highest BCUT2D eigenvalue weighted by Gasteiger charge is 2.05. The third kappa shape index (κ3) is 2.06. The molecule has 0 aliphatic rings. The van der Waals surface area contributed by atoms with Gasteiger partial charge < -0.3 is 9.84 Å². The molecule has 0 amide bonds. The number of phenols is 1. The van der Waals surface area contributed by atoms with Gasteiger partial charge in [-0.3, -0.25) is 0 Å². The minimum absolute atomic E-state index is 0.0909. The number of hydrogen-bond donors (Lipinski definition) is 1. The molecule has 0 aliphatic heterocycles. The number of nitrogens with zero attached hydrogens (tertiary/aromatic N) is 2. The van der Waals surface area contributed by atoms with Crippen LogP contribution in [0.4, 0.5) is 0 Å². The summed E-state index contributed by atoms with van der Waals surface area (Å²) in [7, 11) is 1.49. The Morgan fingerprint density at radius 3 is 2.62 bits per heavy atom. The minimum atomic E-state index is 0.0909. The van der Waals surface area contributed by atoms with E-state index in [4.69, 9.17) is 16.3 Å². The third-order valence-corrected chi connectivity index (χ3v) is 2.31. The molecule has 0 spiro atoms. The van der Waals surface area contributed by atoms with Crippen molar-refractivity contribution in [1.29, 1.82) is 0 Å². The molecule has 0 bridgehead atoms. The number of ether oxygens (including phenoxy) is 1. The molecule has 1 aromatic heterocycles. The zero-order chi connectivity index (χ0) is 11.5. The highest BCUT2D eigenvalue weighted by molar-refractivity contribution is 6.29. The Bertz CT molecular complexity index is 500. The average Bonchev–Trinajstić information content (AvgIpc) is 2.31. The molecule has 16 heavy (non-hydrogen) atoms. The summed E-state index contributed by atoms with van der Waals surface area (Å²) in [6, 6.07) is 8.37. The third-order valence-electron chi connectivity index (χ3n) is 2.11. The van der Waals surface area contributed by atoms with Crippen molar-refractivity contribution >= 4 is 11.6 Å². The van der Waals surface area contributed by atoms with Gasteiger partial charge in [-0.15, -0.1) is 10.2 Å². The molecule has 2 rings (SSSR count). The van der Waals surface area contributed by atoms with E-state index in [2.05, 4.69) is 10.2 Å². The van der Waals surface area contributed by atoms with Gasteiger partial charge in [-0.05, 0) is 30.3 Å². The highest BCUT2D eigenvalue weighted by atomic mass is 35.5. The molecular formula is C11H9ClN2O2. The van der Waals surface area contributed by atoms with E-state index in [-0.39, 0.29) is 5.75 Å². The largest absolute Gasteiger partial charge is 0.504 e. The van der Waals surface area contributed by atoms with E-state index in [9.17, 15) is 5.11 Å². The number of rotatable bonds is 2. The molecule has 5 heteroatoms. The SMILES string of the molecule is COc1cc(-c2ccc(Cl)nn2)ccc1O. The normalized spacial score (nSPS) is 10.1. The lowest BCUT2D eigenvalue weighted by molar-refractivity contribution is 0.373. The van der Waals surface area contributed by atoms with Gasteiger partial charge in [-0.25, -0.2) is 0 Å². The van der Waals surface area contributed by atoms with Crippen LogP contribution in [0.25, 0.3) is 11.3 Å². The summed E-state index contributed by atoms with van der Waals surface area (Å²) in [6.45, 7) is 0. The lowest BCUT2D eigenvalue weighted by atomic mass is 10.1.